The molecule has 3 aliphatic rings. The molecule has 1 amide bonds. The number of hydrogen-bond acceptors (Lipinski definition) is 7. The maximum absolute atomic E-state index is 12.2. The quantitative estimate of drug-likeness (QED) is 0.701. The number of carbonyl (C=O) groups is 2. The van der Waals surface area contributed by atoms with E-state index in [0.717, 1.165) is 18.8 Å². The summed E-state index contributed by atoms with van der Waals surface area (Å²) in [6.45, 7) is 1.88. The van der Waals surface area contributed by atoms with Crippen molar-refractivity contribution in [2.24, 2.45) is 4.40 Å². The Morgan fingerprint density at radius 3 is 2.53 bits per heavy atom. The average molecular weight is 430 g/mol. The number of anilines is 2. The van der Waals surface area contributed by atoms with Crippen LogP contribution >= 0.6 is 0 Å². The summed E-state index contributed by atoms with van der Waals surface area (Å²) in [5.74, 6) is -0.975. The molecule has 1 N–H and O–H groups in total. The minimum Gasteiger partial charge on any atom is -0.452 e. The molecule has 30 heavy (non-hydrogen) atoms. The smallest absolute Gasteiger partial charge is 0.340 e. The third kappa shape index (κ3) is 4.70. The number of nitrogens with zero attached hydrogens (tertiary/aromatic N) is 3. The fourth-order valence-corrected chi connectivity index (χ4v) is 4.43. The lowest BCUT2D eigenvalue weighted by molar-refractivity contribution is -0.143. The van der Waals surface area contributed by atoms with Gasteiger partial charge in [-0.15, -0.1) is 4.40 Å². The van der Waals surface area contributed by atoms with Crippen molar-refractivity contribution in [3.05, 3.63) is 48.2 Å². The molecule has 0 atom stereocenters. The second-order valence-corrected chi connectivity index (χ2v) is 8.97. The number of fused-ring (bicyclic) bond motifs is 1. The summed E-state index contributed by atoms with van der Waals surface area (Å²) in [5, 5.41) is 2.70. The van der Waals surface area contributed by atoms with Crippen molar-refractivity contribution in [2.75, 3.05) is 42.2 Å². The highest BCUT2D eigenvalue weighted by Gasteiger charge is 2.25. The van der Waals surface area contributed by atoms with Crippen LogP contribution in [0.4, 0.5) is 11.4 Å². The topological polar surface area (TPSA) is 108 Å². The average Bonchev–Trinajstić information content (AvgIpc) is 3.26. The SMILES string of the molecule is O=C(COC(=O)C1=CN2CCS(=O)(=O)N=C2C=C1)Nc1ccc(N2CCCC2)cc1. The maximum Gasteiger partial charge on any atom is 0.340 e. The molecule has 0 radical (unpaired) electrons. The molecule has 1 aromatic rings. The molecular weight excluding hydrogens is 408 g/mol. The lowest BCUT2D eigenvalue weighted by Gasteiger charge is -2.26. The molecule has 0 saturated carbocycles. The summed E-state index contributed by atoms with van der Waals surface area (Å²) in [4.78, 5) is 28.2. The number of amidine groups is 1. The van der Waals surface area contributed by atoms with Gasteiger partial charge in [0.05, 0.1) is 11.3 Å². The van der Waals surface area contributed by atoms with E-state index in [1.54, 1.807) is 4.90 Å². The van der Waals surface area contributed by atoms with Crippen LogP contribution in [0.25, 0.3) is 0 Å². The number of amides is 1. The van der Waals surface area contributed by atoms with Crippen molar-refractivity contribution in [3.63, 3.8) is 0 Å². The number of sulfonamides is 1. The van der Waals surface area contributed by atoms with Crippen molar-refractivity contribution >= 4 is 39.1 Å². The Labute approximate surface area is 174 Å². The van der Waals surface area contributed by atoms with Crippen molar-refractivity contribution in [1.29, 1.82) is 0 Å². The minimum absolute atomic E-state index is 0.123. The van der Waals surface area contributed by atoms with Gasteiger partial charge in [-0.1, -0.05) is 0 Å². The van der Waals surface area contributed by atoms with Crippen LogP contribution in [-0.4, -0.2) is 63.0 Å². The summed E-state index contributed by atoms with van der Waals surface area (Å²) >= 11 is 0. The Morgan fingerprint density at radius 1 is 1.07 bits per heavy atom. The van der Waals surface area contributed by atoms with E-state index >= 15 is 0 Å². The predicted octanol–water partition coefficient (Wildman–Crippen LogP) is 1.27. The van der Waals surface area contributed by atoms with Crippen LogP contribution in [0.2, 0.25) is 0 Å². The molecule has 10 heteroatoms. The zero-order valence-electron chi connectivity index (χ0n) is 16.3. The lowest BCUT2D eigenvalue weighted by atomic mass is 10.2. The van der Waals surface area contributed by atoms with E-state index < -0.39 is 28.5 Å². The number of benzene rings is 1. The van der Waals surface area contributed by atoms with E-state index in [1.807, 2.05) is 24.3 Å². The molecule has 1 saturated heterocycles. The number of rotatable bonds is 5. The van der Waals surface area contributed by atoms with Gasteiger partial charge in [0.15, 0.2) is 6.61 Å². The van der Waals surface area contributed by atoms with Gasteiger partial charge >= 0.3 is 5.97 Å². The molecule has 3 heterocycles. The van der Waals surface area contributed by atoms with Crippen molar-refractivity contribution in [3.8, 4) is 0 Å². The molecule has 3 aliphatic heterocycles. The summed E-state index contributed by atoms with van der Waals surface area (Å²) in [7, 11) is -3.46. The Balaban J connectivity index is 1.28. The molecule has 4 rings (SSSR count). The van der Waals surface area contributed by atoms with E-state index in [9.17, 15) is 18.0 Å². The second kappa shape index (κ2) is 8.31. The normalized spacial score (nSPS) is 19.6. The van der Waals surface area contributed by atoms with Crippen LogP contribution in [0.15, 0.2) is 52.6 Å². The standard InChI is InChI=1S/C20H22N4O5S/c25-19(21-16-4-6-17(7-5-16)23-9-1-2-10-23)14-29-20(26)15-3-8-18-22-30(27,28)12-11-24(18)13-15/h3-8,13H,1-2,9-12,14H2,(H,21,25). The third-order valence-electron chi connectivity index (χ3n) is 5.02. The summed E-state index contributed by atoms with van der Waals surface area (Å²) in [6.07, 6.45) is 6.73. The van der Waals surface area contributed by atoms with E-state index in [1.165, 1.54) is 31.2 Å². The molecule has 0 bridgehead atoms. The monoisotopic (exact) mass is 430 g/mol. The van der Waals surface area contributed by atoms with Gasteiger partial charge in [-0.2, -0.15) is 0 Å². The highest BCUT2D eigenvalue weighted by atomic mass is 32.2. The van der Waals surface area contributed by atoms with Crippen LogP contribution in [-0.2, 0) is 24.3 Å². The predicted molar refractivity (Wildman–Crippen MR) is 113 cm³/mol. The van der Waals surface area contributed by atoms with Gasteiger partial charge in [0.2, 0.25) is 0 Å². The summed E-state index contributed by atoms with van der Waals surface area (Å²) in [5.41, 5.74) is 1.98. The van der Waals surface area contributed by atoms with Crippen molar-refractivity contribution in [1.82, 2.24) is 4.90 Å². The molecular formula is C20H22N4O5S. The largest absolute Gasteiger partial charge is 0.452 e. The molecule has 9 nitrogen and oxygen atoms in total. The van der Waals surface area contributed by atoms with Gasteiger partial charge in [0.1, 0.15) is 5.84 Å². The molecule has 1 aromatic carbocycles. The fraction of sp³-hybridized carbons (Fsp3) is 0.350. The molecule has 1 fully saturated rings. The second-order valence-electron chi connectivity index (χ2n) is 7.21. The Hall–Kier alpha value is -3.14. The molecule has 158 valence electrons. The first-order valence-electron chi connectivity index (χ1n) is 9.71. The fourth-order valence-electron chi connectivity index (χ4n) is 3.46. The Kier molecular flexibility index (Phi) is 5.58. The molecule has 0 unspecified atom stereocenters. The highest BCUT2D eigenvalue weighted by molar-refractivity contribution is 7.90. The van der Waals surface area contributed by atoms with Gasteiger partial charge in [-0.25, -0.2) is 13.2 Å². The van der Waals surface area contributed by atoms with Crippen LogP contribution < -0.4 is 10.2 Å². The minimum atomic E-state index is -3.46. The van der Waals surface area contributed by atoms with Crippen LogP contribution in [0.3, 0.4) is 0 Å². The zero-order valence-corrected chi connectivity index (χ0v) is 17.1. The van der Waals surface area contributed by atoms with Crippen molar-refractivity contribution in [2.45, 2.75) is 12.8 Å². The molecule has 0 aromatic heterocycles. The first-order chi connectivity index (χ1) is 14.4. The summed E-state index contributed by atoms with van der Waals surface area (Å²) in [6, 6.07) is 7.57. The van der Waals surface area contributed by atoms with Gasteiger partial charge in [0, 0.05) is 37.2 Å². The number of carbonyl (C=O) groups excluding carboxylic acids is 2. The first-order valence-corrected chi connectivity index (χ1v) is 11.3. The summed E-state index contributed by atoms with van der Waals surface area (Å²) < 4.78 is 31.8. The Bertz CT molecular complexity index is 1040. The number of ether oxygens (including phenoxy) is 1. The maximum atomic E-state index is 12.2. The van der Waals surface area contributed by atoms with E-state index in [4.69, 9.17) is 4.74 Å². The number of esters is 1. The van der Waals surface area contributed by atoms with Gasteiger partial charge < -0.3 is 19.9 Å². The van der Waals surface area contributed by atoms with E-state index in [0.29, 0.717) is 5.69 Å². The highest BCUT2D eigenvalue weighted by Crippen LogP contribution is 2.22. The zero-order chi connectivity index (χ0) is 21.1. The number of nitrogens with one attached hydrogen (secondary N) is 1. The number of hydrogen-bond donors (Lipinski definition) is 1. The lowest BCUT2D eigenvalue weighted by Crippen LogP contribution is -2.37. The van der Waals surface area contributed by atoms with E-state index in [-0.39, 0.29) is 23.7 Å². The third-order valence-corrected chi connectivity index (χ3v) is 6.18. The van der Waals surface area contributed by atoms with Gasteiger partial charge in [-0.05, 0) is 49.3 Å². The van der Waals surface area contributed by atoms with E-state index in [2.05, 4.69) is 14.6 Å². The molecule has 0 aliphatic carbocycles. The van der Waals surface area contributed by atoms with Crippen LogP contribution in [0.1, 0.15) is 12.8 Å². The van der Waals surface area contributed by atoms with Gasteiger partial charge in [-0.3, -0.25) is 4.79 Å². The van der Waals surface area contributed by atoms with Crippen molar-refractivity contribution < 1.29 is 22.7 Å². The van der Waals surface area contributed by atoms with Crippen LogP contribution in [0.5, 0.6) is 0 Å². The molecule has 0 spiro atoms. The van der Waals surface area contributed by atoms with Crippen LogP contribution in [0, 0.1) is 0 Å². The van der Waals surface area contributed by atoms with Gasteiger partial charge in [0.25, 0.3) is 15.9 Å². The first kappa shape index (κ1) is 20.1. The Morgan fingerprint density at radius 2 is 1.80 bits per heavy atom.